The zero-order chi connectivity index (χ0) is 19.8. The molecule has 0 heterocycles. The second kappa shape index (κ2) is 9.63. The number of nitrogens with two attached hydrogens (primary N) is 1. The highest BCUT2D eigenvalue weighted by atomic mass is 19.3. The summed E-state index contributed by atoms with van der Waals surface area (Å²) in [6.07, 6.45) is 0. The zero-order valence-electron chi connectivity index (χ0n) is 15.0. The molecule has 6 nitrogen and oxygen atoms in total. The first-order chi connectivity index (χ1) is 12.9. The number of urea groups is 1. The molecule has 2 aromatic rings. The van der Waals surface area contributed by atoms with Crippen LogP contribution in [0, 0.1) is 0 Å². The number of carbonyl (C=O) groups excluding carboxylic acids is 2. The monoisotopic (exact) mass is 378 g/mol. The summed E-state index contributed by atoms with van der Waals surface area (Å²) in [5.74, 6) is -0.376. The number of nitrogens with one attached hydrogen (secondary N) is 2. The van der Waals surface area contributed by atoms with Gasteiger partial charge in [-0.1, -0.05) is 30.3 Å². The average Bonchev–Trinajstić information content (AvgIpc) is 2.66. The van der Waals surface area contributed by atoms with Crippen molar-refractivity contribution in [2.45, 2.75) is 25.6 Å². The van der Waals surface area contributed by atoms with Gasteiger partial charge in [-0.25, -0.2) is 4.79 Å². The molecule has 0 saturated heterocycles. The predicted octanol–water partition coefficient (Wildman–Crippen LogP) is 1.78. The fourth-order valence-corrected chi connectivity index (χ4v) is 2.60. The van der Waals surface area contributed by atoms with Gasteiger partial charge in [0.05, 0.1) is 0 Å². The Bertz CT molecular complexity index is 755. The molecule has 0 aromatic heterocycles. The molecule has 0 aliphatic rings. The maximum absolute atomic E-state index is 12.3. The highest BCUT2D eigenvalue weighted by molar-refractivity contribution is 5.95. The van der Waals surface area contributed by atoms with Crippen LogP contribution in [0.4, 0.5) is 13.6 Å². The van der Waals surface area contributed by atoms with Crippen molar-refractivity contribution in [1.82, 2.24) is 10.6 Å². The number of amides is 3. The first-order valence-corrected chi connectivity index (χ1v) is 8.38. The van der Waals surface area contributed by atoms with Gasteiger partial charge < -0.3 is 15.4 Å². The largest absolute Gasteiger partial charge is 0.435 e. The Balaban J connectivity index is 2.22. The van der Waals surface area contributed by atoms with Gasteiger partial charge in [-0.3, -0.25) is 10.1 Å². The van der Waals surface area contributed by atoms with Crippen molar-refractivity contribution < 1.29 is 28.4 Å². The third-order valence-corrected chi connectivity index (χ3v) is 3.98. The lowest BCUT2D eigenvalue weighted by Gasteiger charge is -2.20. The van der Waals surface area contributed by atoms with Crippen molar-refractivity contribution >= 4 is 11.9 Å². The van der Waals surface area contributed by atoms with Crippen LogP contribution in [-0.2, 0) is 4.79 Å². The van der Waals surface area contributed by atoms with E-state index in [1.54, 1.807) is 24.4 Å². The maximum atomic E-state index is 12.3. The molecule has 3 amide bonds. The molecule has 4 N–H and O–H groups in total. The van der Waals surface area contributed by atoms with E-state index in [4.69, 9.17) is 0 Å². The van der Waals surface area contributed by atoms with Gasteiger partial charge >= 0.3 is 12.6 Å². The minimum atomic E-state index is -2.89. The molecule has 2 atom stereocenters. The molecule has 144 valence electrons. The van der Waals surface area contributed by atoms with E-state index in [0.29, 0.717) is 0 Å². The number of hydrogen-bond donors (Lipinski definition) is 3. The summed E-state index contributed by atoms with van der Waals surface area (Å²) in [7, 11) is 1.42. The Kier molecular flexibility index (Phi) is 7.25. The quantitative estimate of drug-likeness (QED) is 0.687. The van der Waals surface area contributed by atoms with Crippen LogP contribution in [0.3, 0.4) is 0 Å². The molecular formula is C19H22F2N3O3+. The van der Waals surface area contributed by atoms with Crippen LogP contribution in [0.5, 0.6) is 5.75 Å². The van der Waals surface area contributed by atoms with Gasteiger partial charge in [-0.2, -0.15) is 8.78 Å². The number of imide groups is 1. The van der Waals surface area contributed by atoms with Gasteiger partial charge in [0.2, 0.25) is 0 Å². The van der Waals surface area contributed by atoms with Crippen molar-refractivity contribution in [1.29, 1.82) is 0 Å². The molecular weight excluding hydrogens is 356 g/mol. The standard InChI is InChI=1S/C19H21F2N3O3/c1-12(17(25)24-19(26)22-2)23-16(13-6-4-3-5-7-13)14-8-10-15(11-9-14)27-18(20)21/h3-12,16,18,23H,1-2H3,(H2,22,24,25,26)/p+1/t12-,16+/m1/s1. The van der Waals surface area contributed by atoms with E-state index in [9.17, 15) is 18.4 Å². The van der Waals surface area contributed by atoms with Gasteiger partial charge in [0.1, 0.15) is 11.8 Å². The third kappa shape index (κ3) is 6.03. The number of hydrogen-bond acceptors (Lipinski definition) is 3. The van der Waals surface area contributed by atoms with Crippen LogP contribution < -0.4 is 20.7 Å². The lowest BCUT2D eigenvalue weighted by Crippen LogP contribution is -2.93. The minimum Gasteiger partial charge on any atom is -0.435 e. The number of ether oxygens (including phenoxy) is 1. The van der Waals surface area contributed by atoms with E-state index in [1.807, 2.05) is 30.3 Å². The van der Waals surface area contributed by atoms with Crippen LogP contribution in [0.1, 0.15) is 24.1 Å². The summed E-state index contributed by atoms with van der Waals surface area (Å²) in [6, 6.07) is 14.3. The molecule has 0 bridgehead atoms. The number of halogens is 2. The van der Waals surface area contributed by atoms with Gasteiger partial charge in [-0.05, 0) is 31.2 Å². The summed E-state index contributed by atoms with van der Waals surface area (Å²) in [4.78, 5) is 23.5. The fraction of sp³-hybridized carbons (Fsp3) is 0.263. The molecule has 0 unspecified atom stereocenters. The number of quaternary nitrogens is 1. The van der Waals surface area contributed by atoms with Gasteiger partial charge in [0.25, 0.3) is 5.91 Å². The minimum absolute atomic E-state index is 0.0611. The smallest absolute Gasteiger partial charge is 0.387 e. The van der Waals surface area contributed by atoms with Crippen LogP contribution >= 0.6 is 0 Å². The summed E-state index contributed by atoms with van der Waals surface area (Å²) < 4.78 is 29.0. The maximum Gasteiger partial charge on any atom is 0.387 e. The first kappa shape index (κ1) is 20.3. The Hall–Kier alpha value is -3.00. The number of carbonyl (C=O) groups is 2. The normalized spacial score (nSPS) is 12.9. The summed E-state index contributed by atoms with van der Waals surface area (Å²) >= 11 is 0. The molecule has 2 rings (SSSR count). The third-order valence-electron chi connectivity index (χ3n) is 3.98. The molecule has 0 radical (unpaired) electrons. The number of alkyl halides is 2. The van der Waals surface area contributed by atoms with Crippen molar-refractivity contribution in [2.75, 3.05) is 7.05 Å². The van der Waals surface area contributed by atoms with Crippen LogP contribution in [0.2, 0.25) is 0 Å². The Morgan fingerprint density at radius 1 is 1.00 bits per heavy atom. The molecule has 0 spiro atoms. The first-order valence-electron chi connectivity index (χ1n) is 8.38. The molecule has 8 heteroatoms. The van der Waals surface area contributed by atoms with Gasteiger partial charge in [0, 0.05) is 18.2 Å². The molecule has 0 saturated carbocycles. The molecule has 2 aromatic carbocycles. The van der Waals surface area contributed by atoms with E-state index >= 15 is 0 Å². The second-order valence-electron chi connectivity index (χ2n) is 5.89. The van der Waals surface area contributed by atoms with Crippen molar-refractivity contribution in [3.63, 3.8) is 0 Å². The molecule has 0 aliphatic carbocycles. The van der Waals surface area contributed by atoms with E-state index < -0.39 is 24.6 Å². The Labute approximate surface area is 155 Å². The number of benzene rings is 2. The summed E-state index contributed by atoms with van der Waals surface area (Å²) in [5.41, 5.74) is 1.74. The van der Waals surface area contributed by atoms with Crippen LogP contribution in [-0.4, -0.2) is 31.6 Å². The SMILES string of the molecule is CNC(=O)NC(=O)[C@@H](C)[NH2+][C@@H](c1ccccc1)c1ccc(OC(F)F)cc1. The van der Waals surface area contributed by atoms with E-state index in [2.05, 4.69) is 15.4 Å². The zero-order valence-corrected chi connectivity index (χ0v) is 15.0. The molecule has 27 heavy (non-hydrogen) atoms. The van der Waals surface area contributed by atoms with E-state index in [0.717, 1.165) is 11.1 Å². The second-order valence-corrected chi connectivity index (χ2v) is 5.89. The Morgan fingerprint density at radius 2 is 1.59 bits per heavy atom. The van der Waals surface area contributed by atoms with Gasteiger partial charge in [-0.15, -0.1) is 0 Å². The molecule has 0 aliphatic heterocycles. The Morgan fingerprint density at radius 3 is 2.15 bits per heavy atom. The summed E-state index contributed by atoms with van der Waals surface area (Å²) in [6.45, 7) is -1.21. The summed E-state index contributed by atoms with van der Waals surface area (Å²) in [5, 5.41) is 6.38. The lowest BCUT2D eigenvalue weighted by atomic mass is 9.97. The topological polar surface area (TPSA) is 84.0 Å². The van der Waals surface area contributed by atoms with E-state index in [1.165, 1.54) is 19.2 Å². The fourth-order valence-electron chi connectivity index (χ4n) is 2.60. The van der Waals surface area contributed by atoms with Crippen molar-refractivity contribution in [2.24, 2.45) is 0 Å². The predicted molar refractivity (Wildman–Crippen MR) is 95.3 cm³/mol. The van der Waals surface area contributed by atoms with Crippen LogP contribution in [0.15, 0.2) is 54.6 Å². The highest BCUT2D eigenvalue weighted by Gasteiger charge is 2.25. The highest BCUT2D eigenvalue weighted by Crippen LogP contribution is 2.22. The van der Waals surface area contributed by atoms with E-state index in [-0.39, 0.29) is 11.8 Å². The van der Waals surface area contributed by atoms with Gasteiger partial charge in [0.15, 0.2) is 6.04 Å². The molecule has 0 fully saturated rings. The van der Waals surface area contributed by atoms with Crippen LogP contribution in [0.25, 0.3) is 0 Å². The average molecular weight is 378 g/mol. The van der Waals surface area contributed by atoms with Crippen molar-refractivity contribution in [3.05, 3.63) is 65.7 Å². The lowest BCUT2D eigenvalue weighted by molar-refractivity contribution is -0.704. The van der Waals surface area contributed by atoms with Crippen molar-refractivity contribution in [3.8, 4) is 5.75 Å². The number of rotatable bonds is 7.